The lowest BCUT2D eigenvalue weighted by Crippen LogP contribution is -2.20. The first kappa shape index (κ1) is 14.7. The summed E-state index contributed by atoms with van der Waals surface area (Å²) < 4.78 is 6.63. The van der Waals surface area contributed by atoms with Gasteiger partial charge < -0.3 is 10.1 Å². The van der Waals surface area contributed by atoms with E-state index in [-0.39, 0.29) is 0 Å². The zero-order chi connectivity index (χ0) is 14.8. The van der Waals surface area contributed by atoms with Crippen LogP contribution < -0.4 is 10.1 Å². The van der Waals surface area contributed by atoms with E-state index in [2.05, 4.69) is 45.5 Å². The van der Waals surface area contributed by atoms with E-state index in [1.54, 1.807) is 0 Å². The van der Waals surface area contributed by atoms with Crippen LogP contribution in [0, 0.1) is 0 Å². The number of rotatable bonds is 4. The van der Waals surface area contributed by atoms with Crippen LogP contribution >= 0.6 is 27.5 Å². The quantitative estimate of drug-likeness (QED) is 0.814. The lowest BCUT2D eigenvalue weighted by atomic mass is 10.1. The van der Waals surface area contributed by atoms with E-state index in [1.807, 2.05) is 19.1 Å². The molecule has 0 saturated heterocycles. The molecule has 0 unspecified atom stereocenters. The molecule has 0 radical (unpaired) electrons. The maximum absolute atomic E-state index is 6.17. The zero-order valence-corrected chi connectivity index (χ0v) is 14.2. The predicted octanol–water partition coefficient (Wildman–Crippen LogP) is 5.08. The van der Waals surface area contributed by atoms with Crippen molar-refractivity contribution < 1.29 is 4.74 Å². The van der Waals surface area contributed by atoms with Gasteiger partial charge >= 0.3 is 0 Å². The van der Waals surface area contributed by atoms with Gasteiger partial charge in [0, 0.05) is 11.1 Å². The monoisotopic (exact) mass is 365 g/mol. The molecule has 2 nitrogen and oxygen atoms in total. The molecule has 3 rings (SSSR count). The average molecular weight is 367 g/mol. The molecular weight excluding hydrogens is 350 g/mol. The molecule has 110 valence electrons. The van der Waals surface area contributed by atoms with Crippen LogP contribution in [0.4, 0.5) is 5.69 Å². The Balaban J connectivity index is 1.83. The maximum Gasteiger partial charge on any atom is 0.156 e. The third-order valence-corrected chi connectivity index (χ3v) is 4.51. The number of benzene rings is 2. The molecule has 0 amide bonds. The molecule has 0 heterocycles. The van der Waals surface area contributed by atoms with Crippen molar-refractivity contribution in [2.75, 3.05) is 11.9 Å². The third kappa shape index (κ3) is 3.19. The van der Waals surface area contributed by atoms with E-state index in [0.717, 1.165) is 28.8 Å². The number of anilines is 1. The smallest absolute Gasteiger partial charge is 0.156 e. The summed E-state index contributed by atoms with van der Waals surface area (Å²) in [5.41, 5.74) is 3.80. The highest BCUT2D eigenvalue weighted by molar-refractivity contribution is 9.10. The Labute approximate surface area is 138 Å². The van der Waals surface area contributed by atoms with Gasteiger partial charge in [-0.05, 0) is 59.0 Å². The van der Waals surface area contributed by atoms with Gasteiger partial charge in [-0.15, -0.1) is 0 Å². The van der Waals surface area contributed by atoms with Gasteiger partial charge in [-0.3, -0.25) is 0 Å². The first-order chi connectivity index (χ1) is 10.2. The van der Waals surface area contributed by atoms with Crippen LogP contribution in [0.15, 0.2) is 40.9 Å². The first-order valence-electron chi connectivity index (χ1n) is 7.12. The normalized spacial score (nSPS) is 14.0. The van der Waals surface area contributed by atoms with Crippen LogP contribution in [-0.2, 0) is 12.8 Å². The molecule has 1 aliphatic rings. The maximum atomic E-state index is 6.17. The molecule has 2 aromatic carbocycles. The molecule has 0 fully saturated rings. The molecule has 0 aliphatic heterocycles. The Bertz CT molecular complexity index is 634. The van der Waals surface area contributed by atoms with Crippen molar-refractivity contribution >= 4 is 33.2 Å². The molecule has 0 atom stereocenters. The summed E-state index contributed by atoms with van der Waals surface area (Å²) in [6.45, 7) is 2.61. The fraction of sp³-hybridized carbons (Fsp3) is 0.294. The molecule has 0 saturated carbocycles. The van der Waals surface area contributed by atoms with Gasteiger partial charge in [0.25, 0.3) is 0 Å². The minimum atomic E-state index is 0.381. The number of halogens is 2. The van der Waals surface area contributed by atoms with E-state index in [9.17, 15) is 0 Å². The van der Waals surface area contributed by atoms with Crippen molar-refractivity contribution in [1.82, 2.24) is 0 Å². The van der Waals surface area contributed by atoms with Crippen molar-refractivity contribution in [3.63, 3.8) is 0 Å². The summed E-state index contributed by atoms with van der Waals surface area (Å²) in [7, 11) is 0. The van der Waals surface area contributed by atoms with Crippen molar-refractivity contribution in [3.05, 3.63) is 57.0 Å². The zero-order valence-electron chi connectivity index (χ0n) is 11.8. The van der Waals surface area contributed by atoms with Gasteiger partial charge in [0.2, 0.25) is 0 Å². The van der Waals surface area contributed by atoms with Crippen LogP contribution in [0.5, 0.6) is 5.75 Å². The Kier molecular flexibility index (Phi) is 4.41. The van der Waals surface area contributed by atoms with Crippen molar-refractivity contribution in [1.29, 1.82) is 0 Å². The number of nitrogens with one attached hydrogen (secondary N) is 1. The van der Waals surface area contributed by atoms with Gasteiger partial charge in [0.15, 0.2) is 5.75 Å². The van der Waals surface area contributed by atoms with Crippen LogP contribution in [0.2, 0.25) is 5.02 Å². The third-order valence-electron chi connectivity index (χ3n) is 3.71. The van der Waals surface area contributed by atoms with E-state index in [0.29, 0.717) is 17.7 Å². The molecule has 2 aromatic rings. The minimum Gasteiger partial charge on any atom is -0.491 e. The van der Waals surface area contributed by atoms with Crippen LogP contribution in [0.25, 0.3) is 0 Å². The van der Waals surface area contributed by atoms with Gasteiger partial charge in [-0.2, -0.15) is 0 Å². The second kappa shape index (κ2) is 6.29. The Morgan fingerprint density at radius 1 is 1.24 bits per heavy atom. The summed E-state index contributed by atoms with van der Waals surface area (Å²) in [5, 5.41) is 4.28. The fourth-order valence-electron chi connectivity index (χ4n) is 2.84. The summed E-state index contributed by atoms with van der Waals surface area (Å²) in [4.78, 5) is 0. The summed E-state index contributed by atoms with van der Waals surface area (Å²) in [6, 6.07) is 12.8. The minimum absolute atomic E-state index is 0.381. The van der Waals surface area contributed by atoms with Gasteiger partial charge in [0.05, 0.1) is 16.8 Å². The average Bonchev–Trinajstić information content (AvgIpc) is 2.84. The summed E-state index contributed by atoms with van der Waals surface area (Å²) in [5.74, 6) is 0.831. The predicted molar refractivity (Wildman–Crippen MR) is 91.6 cm³/mol. The van der Waals surface area contributed by atoms with E-state index in [4.69, 9.17) is 16.3 Å². The Morgan fingerprint density at radius 2 is 1.90 bits per heavy atom. The number of hydrogen-bond donors (Lipinski definition) is 1. The van der Waals surface area contributed by atoms with Crippen LogP contribution in [0.3, 0.4) is 0 Å². The van der Waals surface area contributed by atoms with Crippen molar-refractivity contribution in [2.45, 2.75) is 25.8 Å². The first-order valence-corrected chi connectivity index (χ1v) is 8.29. The number of fused-ring (bicyclic) bond motifs is 1. The Hall–Kier alpha value is -1.19. The molecular formula is C17H17BrClNO. The molecule has 0 spiro atoms. The molecule has 0 aromatic heterocycles. The highest BCUT2D eigenvalue weighted by Crippen LogP contribution is 2.38. The van der Waals surface area contributed by atoms with Crippen LogP contribution in [0.1, 0.15) is 18.1 Å². The topological polar surface area (TPSA) is 21.3 Å². The lowest BCUT2D eigenvalue weighted by molar-refractivity contribution is 0.339. The van der Waals surface area contributed by atoms with E-state index < -0.39 is 0 Å². The summed E-state index contributed by atoms with van der Waals surface area (Å²) in [6.07, 6.45) is 2.07. The SMILES string of the molecule is CCOc1c(Br)cc(Cl)cc1NC1Cc2ccccc2C1. The van der Waals surface area contributed by atoms with Crippen molar-refractivity contribution in [3.8, 4) is 5.75 Å². The molecule has 4 heteroatoms. The Morgan fingerprint density at radius 3 is 2.52 bits per heavy atom. The van der Waals surface area contributed by atoms with Gasteiger partial charge in [-0.25, -0.2) is 0 Å². The molecule has 1 aliphatic carbocycles. The van der Waals surface area contributed by atoms with Gasteiger partial charge in [0.1, 0.15) is 0 Å². The summed E-state index contributed by atoms with van der Waals surface area (Å²) >= 11 is 9.70. The largest absolute Gasteiger partial charge is 0.491 e. The van der Waals surface area contributed by atoms with E-state index >= 15 is 0 Å². The van der Waals surface area contributed by atoms with Crippen molar-refractivity contribution in [2.24, 2.45) is 0 Å². The lowest BCUT2D eigenvalue weighted by Gasteiger charge is -2.18. The van der Waals surface area contributed by atoms with Gasteiger partial charge in [-0.1, -0.05) is 35.9 Å². The highest BCUT2D eigenvalue weighted by Gasteiger charge is 2.22. The van der Waals surface area contributed by atoms with E-state index in [1.165, 1.54) is 11.1 Å². The number of ether oxygens (including phenoxy) is 1. The molecule has 0 bridgehead atoms. The fourth-order valence-corrected chi connectivity index (χ4v) is 3.76. The second-order valence-corrected chi connectivity index (χ2v) is 6.51. The van der Waals surface area contributed by atoms with Crippen LogP contribution in [-0.4, -0.2) is 12.6 Å². The highest BCUT2D eigenvalue weighted by atomic mass is 79.9. The molecule has 1 N–H and O–H groups in total. The number of hydrogen-bond acceptors (Lipinski definition) is 2. The molecule has 21 heavy (non-hydrogen) atoms. The standard InChI is InChI=1S/C17H17BrClNO/c1-2-21-17-15(18)9-13(19)10-16(17)20-14-7-11-5-3-4-6-12(11)8-14/h3-6,9-10,14,20H,2,7-8H2,1H3. The second-order valence-electron chi connectivity index (χ2n) is 5.22.